The fourth-order valence-corrected chi connectivity index (χ4v) is 8.13. The van der Waals surface area contributed by atoms with E-state index >= 15 is 0 Å². The number of nitrogens with zero attached hydrogens (tertiary/aromatic N) is 3. The highest BCUT2D eigenvalue weighted by molar-refractivity contribution is 6.20. The van der Waals surface area contributed by atoms with E-state index in [1.807, 2.05) is 0 Å². The topological polar surface area (TPSA) is 24.6 Å². The molecule has 0 unspecified atom stereocenters. The molecular formula is C51H37N3O. The molecule has 0 saturated heterocycles. The monoisotopic (exact) mass is 707 g/mol. The minimum atomic E-state index is 0.810. The lowest BCUT2D eigenvalue weighted by Gasteiger charge is -2.28. The first-order chi connectivity index (χ1) is 27.3. The average Bonchev–Trinajstić information content (AvgIpc) is 3.79. The van der Waals surface area contributed by atoms with Crippen molar-refractivity contribution in [2.24, 2.45) is 0 Å². The standard InChI is InChI=1S/C51H37N3O/c1-2-18-36-19-16-26-40(33-36)53(39-24-10-5-11-25-39)46-31-17-32-48-50(46)51-47(52(37-20-6-3-7-21-37)38-22-8-4-9-23-38)34-41(35-49(51)55-48)54-44-29-14-12-27-42(44)43-28-13-15-30-45(43)54/h2-35H,1H3/b18-2+. The van der Waals surface area contributed by atoms with Crippen LogP contribution >= 0.6 is 0 Å². The molecule has 55 heavy (non-hydrogen) atoms. The van der Waals surface area contributed by atoms with E-state index in [2.05, 4.69) is 228 Å². The summed E-state index contributed by atoms with van der Waals surface area (Å²) in [6, 6.07) is 68.9. The summed E-state index contributed by atoms with van der Waals surface area (Å²) in [4.78, 5) is 4.72. The van der Waals surface area contributed by atoms with Crippen molar-refractivity contribution in [3.63, 3.8) is 0 Å². The number of allylic oxidation sites excluding steroid dienone is 1. The predicted octanol–water partition coefficient (Wildman–Crippen LogP) is 14.7. The Hall–Kier alpha value is -7.30. The number of benzene rings is 8. The van der Waals surface area contributed by atoms with Crippen molar-refractivity contribution >= 4 is 83.9 Å². The predicted molar refractivity (Wildman–Crippen MR) is 232 cm³/mol. The van der Waals surface area contributed by atoms with Crippen molar-refractivity contribution in [3.05, 3.63) is 206 Å². The lowest BCUT2D eigenvalue weighted by Crippen LogP contribution is -2.12. The van der Waals surface area contributed by atoms with Gasteiger partial charge in [0, 0.05) is 39.6 Å². The number of para-hydroxylation sites is 5. The van der Waals surface area contributed by atoms with Crippen molar-refractivity contribution in [2.75, 3.05) is 9.80 Å². The first-order valence-electron chi connectivity index (χ1n) is 18.7. The first kappa shape index (κ1) is 32.4. The first-order valence-corrected chi connectivity index (χ1v) is 18.7. The molecule has 0 N–H and O–H groups in total. The zero-order valence-electron chi connectivity index (χ0n) is 30.4. The van der Waals surface area contributed by atoms with E-state index in [1.165, 1.54) is 10.8 Å². The molecule has 0 atom stereocenters. The fraction of sp³-hybridized carbons (Fsp3) is 0.0196. The highest BCUT2D eigenvalue weighted by Gasteiger charge is 2.26. The van der Waals surface area contributed by atoms with E-state index in [-0.39, 0.29) is 0 Å². The lowest BCUT2D eigenvalue weighted by atomic mass is 10.0. The summed E-state index contributed by atoms with van der Waals surface area (Å²) in [5.74, 6) is 0. The molecule has 0 aliphatic heterocycles. The molecule has 0 aliphatic rings. The van der Waals surface area contributed by atoms with Crippen LogP contribution in [0.1, 0.15) is 12.5 Å². The quantitative estimate of drug-likeness (QED) is 0.157. The molecule has 8 aromatic carbocycles. The van der Waals surface area contributed by atoms with Crippen LogP contribution in [-0.4, -0.2) is 4.57 Å². The van der Waals surface area contributed by atoms with Gasteiger partial charge in [0.25, 0.3) is 0 Å². The Morgan fingerprint density at radius 1 is 0.436 bits per heavy atom. The van der Waals surface area contributed by atoms with Crippen LogP contribution in [0.15, 0.2) is 205 Å². The second kappa shape index (κ2) is 13.6. The molecule has 10 aromatic rings. The van der Waals surface area contributed by atoms with Gasteiger partial charge in [-0.2, -0.15) is 0 Å². The highest BCUT2D eigenvalue weighted by atomic mass is 16.3. The molecule has 0 saturated carbocycles. The fourth-order valence-electron chi connectivity index (χ4n) is 8.13. The van der Waals surface area contributed by atoms with E-state index < -0.39 is 0 Å². The second-order valence-corrected chi connectivity index (χ2v) is 13.7. The van der Waals surface area contributed by atoms with Gasteiger partial charge in [0.1, 0.15) is 11.2 Å². The summed E-state index contributed by atoms with van der Waals surface area (Å²) in [6.45, 7) is 2.06. The van der Waals surface area contributed by atoms with Gasteiger partial charge in [-0.05, 0) is 91.3 Å². The third kappa shape index (κ3) is 5.55. The number of rotatable bonds is 8. The molecule has 2 aromatic heterocycles. The third-order valence-corrected chi connectivity index (χ3v) is 10.4. The van der Waals surface area contributed by atoms with Crippen LogP contribution in [-0.2, 0) is 0 Å². The summed E-state index contributed by atoms with van der Waals surface area (Å²) in [5, 5.41) is 4.51. The lowest BCUT2D eigenvalue weighted by molar-refractivity contribution is 0.668. The Balaban J connectivity index is 1.34. The minimum Gasteiger partial charge on any atom is -0.456 e. The van der Waals surface area contributed by atoms with E-state index in [0.717, 1.165) is 78.3 Å². The maximum absolute atomic E-state index is 7.02. The average molecular weight is 708 g/mol. The van der Waals surface area contributed by atoms with Crippen LogP contribution in [0.4, 0.5) is 34.1 Å². The molecular weight excluding hydrogens is 671 g/mol. The van der Waals surface area contributed by atoms with Gasteiger partial charge in [-0.15, -0.1) is 0 Å². The van der Waals surface area contributed by atoms with Gasteiger partial charge in [0.2, 0.25) is 0 Å². The number of furan rings is 1. The van der Waals surface area contributed by atoms with Gasteiger partial charge in [0.05, 0.1) is 38.9 Å². The Morgan fingerprint density at radius 2 is 0.945 bits per heavy atom. The van der Waals surface area contributed by atoms with Crippen LogP contribution < -0.4 is 9.80 Å². The van der Waals surface area contributed by atoms with Gasteiger partial charge in [-0.1, -0.05) is 121 Å². The maximum atomic E-state index is 7.02. The maximum Gasteiger partial charge on any atom is 0.139 e. The van der Waals surface area contributed by atoms with Crippen molar-refractivity contribution in [3.8, 4) is 5.69 Å². The third-order valence-electron chi connectivity index (χ3n) is 10.4. The van der Waals surface area contributed by atoms with Gasteiger partial charge in [-0.3, -0.25) is 0 Å². The molecule has 0 radical (unpaired) electrons. The van der Waals surface area contributed by atoms with Crippen LogP contribution in [0.3, 0.4) is 0 Å². The Bertz CT molecular complexity index is 2900. The van der Waals surface area contributed by atoms with Crippen molar-refractivity contribution in [1.29, 1.82) is 0 Å². The summed E-state index contributed by atoms with van der Waals surface area (Å²) < 4.78 is 9.40. The Labute approximate surface area is 320 Å². The summed E-state index contributed by atoms with van der Waals surface area (Å²) in [6.07, 6.45) is 4.23. The molecule has 262 valence electrons. The minimum absolute atomic E-state index is 0.810. The Kier molecular flexibility index (Phi) is 8.00. The van der Waals surface area contributed by atoms with E-state index in [9.17, 15) is 0 Å². The molecule has 0 spiro atoms. The van der Waals surface area contributed by atoms with Crippen molar-refractivity contribution in [1.82, 2.24) is 4.57 Å². The van der Waals surface area contributed by atoms with Gasteiger partial charge in [0.15, 0.2) is 0 Å². The molecule has 0 bridgehead atoms. The number of hydrogen-bond acceptors (Lipinski definition) is 3. The van der Waals surface area contributed by atoms with Crippen LogP contribution in [0.25, 0.3) is 55.5 Å². The van der Waals surface area contributed by atoms with E-state index in [4.69, 9.17) is 4.42 Å². The molecule has 0 amide bonds. The normalized spacial score (nSPS) is 11.7. The van der Waals surface area contributed by atoms with Crippen molar-refractivity contribution in [2.45, 2.75) is 6.92 Å². The van der Waals surface area contributed by atoms with Gasteiger partial charge < -0.3 is 18.8 Å². The summed E-state index contributed by atoms with van der Waals surface area (Å²) in [5.41, 5.74) is 12.4. The van der Waals surface area contributed by atoms with Gasteiger partial charge in [-0.25, -0.2) is 0 Å². The SMILES string of the molecule is C/C=C/c1cccc(N(c2ccccc2)c2cccc3oc4cc(-n5c6ccccc6c6ccccc65)cc(N(c5ccccc5)c5ccccc5)c4c23)c1. The molecule has 2 heterocycles. The smallest absolute Gasteiger partial charge is 0.139 e. The largest absolute Gasteiger partial charge is 0.456 e. The number of fused-ring (bicyclic) bond motifs is 6. The molecule has 4 heteroatoms. The number of aromatic nitrogens is 1. The number of hydrogen-bond donors (Lipinski definition) is 0. The van der Waals surface area contributed by atoms with Crippen molar-refractivity contribution < 1.29 is 4.42 Å². The highest BCUT2D eigenvalue weighted by Crippen LogP contribution is 2.49. The molecule has 10 rings (SSSR count). The van der Waals surface area contributed by atoms with Crippen LogP contribution in [0.2, 0.25) is 0 Å². The zero-order valence-corrected chi connectivity index (χ0v) is 30.4. The second-order valence-electron chi connectivity index (χ2n) is 13.7. The van der Waals surface area contributed by atoms with Gasteiger partial charge >= 0.3 is 0 Å². The summed E-state index contributed by atoms with van der Waals surface area (Å²) in [7, 11) is 0. The molecule has 4 nitrogen and oxygen atoms in total. The van der Waals surface area contributed by atoms with E-state index in [0.29, 0.717) is 0 Å². The zero-order chi connectivity index (χ0) is 36.7. The van der Waals surface area contributed by atoms with E-state index in [1.54, 1.807) is 0 Å². The number of anilines is 6. The molecule has 0 aliphatic carbocycles. The molecule has 0 fully saturated rings. The Morgan fingerprint density at radius 3 is 1.55 bits per heavy atom. The van der Waals surface area contributed by atoms with Crippen LogP contribution in [0, 0.1) is 0 Å². The summed E-state index contributed by atoms with van der Waals surface area (Å²) >= 11 is 0. The van der Waals surface area contributed by atoms with Crippen LogP contribution in [0.5, 0.6) is 0 Å².